The van der Waals surface area contributed by atoms with Crippen molar-refractivity contribution in [3.05, 3.63) is 30.2 Å². The van der Waals surface area contributed by atoms with Crippen molar-refractivity contribution in [2.24, 2.45) is 0 Å². The predicted molar refractivity (Wildman–Crippen MR) is 84.4 cm³/mol. The molecule has 0 atom stereocenters. The maximum Gasteiger partial charge on any atom is 0.270 e. The number of carbonyl (C=O) groups is 1. The van der Waals surface area contributed by atoms with Gasteiger partial charge in [0.15, 0.2) is 0 Å². The summed E-state index contributed by atoms with van der Waals surface area (Å²) in [6.45, 7) is 6.06. The Morgan fingerprint density at radius 2 is 2.05 bits per heavy atom. The molecule has 5 heteroatoms. The van der Waals surface area contributed by atoms with Crippen LogP contribution in [-0.4, -0.2) is 28.5 Å². The highest BCUT2D eigenvalue weighted by Gasteiger charge is 2.17. The van der Waals surface area contributed by atoms with Crippen molar-refractivity contribution >= 4 is 11.7 Å². The summed E-state index contributed by atoms with van der Waals surface area (Å²) in [5, 5.41) is 6.20. The minimum atomic E-state index is -0.103. The van der Waals surface area contributed by atoms with Crippen LogP contribution in [0.15, 0.2) is 18.7 Å². The fourth-order valence-corrected chi connectivity index (χ4v) is 2.63. The van der Waals surface area contributed by atoms with E-state index in [0.717, 1.165) is 12.8 Å². The van der Waals surface area contributed by atoms with Gasteiger partial charge in [-0.3, -0.25) is 4.79 Å². The summed E-state index contributed by atoms with van der Waals surface area (Å²) in [7, 11) is 0. The predicted octanol–water partition coefficient (Wildman–Crippen LogP) is 2.84. The van der Waals surface area contributed by atoms with Crippen LogP contribution in [0.3, 0.4) is 0 Å². The zero-order valence-electron chi connectivity index (χ0n) is 12.7. The minimum absolute atomic E-state index is 0.103. The molecule has 2 N–H and O–H groups in total. The topological polar surface area (TPSA) is 66.9 Å². The van der Waals surface area contributed by atoms with Crippen LogP contribution in [0.25, 0.3) is 0 Å². The highest BCUT2D eigenvalue weighted by Crippen LogP contribution is 2.17. The minimum Gasteiger partial charge on any atom is -0.366 e. The number of aryl methyl sites for hydroxylation is 1. The van der Waals surface area contributed by atoms with Crippen molar-refractivity contribution < 1.29 is 4.79 Å². The molecule has 21 heavy (non-hydrogen) atoms. The van der Waals surface area contributed by atoms with Crippen LogP contribution in [0.4, 0.5) is 5.82 Å². The monoisotopic (exact) mass is 288 g/mol. The Morgan fingerprint density at radius 1 is 1.33 bits per heavy atom. The quantitative estimate of drug-likeness (QED) is 0.646. The van der Waals surface area contributed by atoms with Gasteiger partial charge in [0.1, 0.15) is 17.3 Å². The van der Waals surface area contributed by atoms with Gasteiger partial charge in [-0.05, 0) is 19.8 Å². The first-order chi connectivity index (χ1) is 10.2. The van der Waals surface area contributed by atoms with Gasteiger partial charge in [0, 0.05) is 18.7 Å². The maximum absolute atomic E-state index is 12.4. The van der Waals surface area contributed by atoms with Crippen LogP contribution in [0.1, 0.15) is 54.8 Å². The van der Waals surface area contributed by atoms with Crippen molar-refractivity contribution in [3.63, 3.8) is 0 Å². The molecule has 0 aliphatic heterocycles. The van der Waals surface area contributed by atoms with Gasteiger partial charge < -0.3 is 10.6 Å². The summed E-state index contributed by atoms with van der Waals surface area (Å²) in [6, 6.07) is 1.97. The SMILES string of the molecule is C=CCNc1cc(C(=O)NC2CCCCCC2)nc(C)n1. The average Bonchev–Trinajstić information content (AvgIpc) is 2.73. The normalized spacial score (nSPS) is 16.0. The lowest BCUT2D eigenvalue weighted by Crippen LogP contribution is -2.35. The first-order valence-electron chi connectivity index (χ1n) is 7.70. The van der Waals surface area contributed by atoms with Crippen molar-refractivity contribution in [1.29, 1.82) is 0 Å². The summed E-state index contributed by atoms with van der Waals surface area (Å²) in [5.74, 6) is 1.15. The third kappa shape index (κ3) is 4.85. The third-order valence-electron chi connectivity index (χ3n) is 3.69. The van der Waals surface area contributed by atoms with Crippen LogP contribution >= 0.6 is 0 Å². The molecule has 5 nitrogen and oxygen atoms in total. The van der Waals surface area contributed by atoms with Crippen molar-refractivity contribution in [2.75, 3.05) is 11.9 Å². The zero-order valence-corrected chi connectivity index (χ0v) is 12.7. The van der Waals surface area contributed by atoms with E-state index in [4.69, 9.17) is 0 Å². The van der Waals surface area contributed by atoms with Gasteiger partial charge in [-0.25, -0.2) is 9.97 Å². The van der Waals surface area contributed by atoms with Gasteiger partial charge in [-0.2, -0.15) is 0 Å². The molecule has 0 bridgehead atoms. The summed E-state index contributed by atoms with van der Waals surface area (Å²) < 4.78 is 0. The van der Waals surface area contributed by atoms with Crippen LogP contribution in [0.5, 0.6) is 0 Å². The number of nitrogens with zero attached hydrogens (tertiary/aromatic N) is 2. The van der Waals surface area contributed by atoms with E-state index in [1.807, 2.05) is 0 Å². The second-order valence-electron chi connectivity index (χ2n) is 5.52. The van der Waals surface area contributed by atoms with Gasteiger partial charge in [0.05, 0.1) is 0 Å². The number of carbonyl (C=O) groups excluding carboxylic acids is 1. The molecule has 1 saturated carbocycles. The van der Waals surface area contributed by atoms with Gasteiger partial charge in [0.25, 0.3) is 5.91 Å². The highest BCUT2D eigenvalue weighted by molar-refractivity contribution is 5.93. The first-order valence-corrected chi connectivity index (χ1v) is 7.70. The second-order valence-corrected chi connectivity index (χ2v) is 5.52. The van der Waals surface area contributed by atoms with E-state index in [2.05, 4.69) is 27.2 Å². The molecular formula is C16H24N4O. The number of aromatic nitrogens is 2. The average molecular weight is 288 g/mol. The Hall–Kier alpha value is -1.91. The molecule has 1 heterocycles. The van der Waals surface area contributed by atoms with E-state index < -0.39 is 0 Å². The third-order valence-corrected chi connectivity index (χ3v) is 3.69. The lowest BCUT2D eigenvalue weighted by atomic mass is 10.1. The number of nitrogens with one attached hydrogen (secondary N) is 2. The smallest absolute Gasteiger partial charge is 0.270 e. The van der Waals surface area contributed by atoms with Crippen LogP contribution < -0.4 is 10.6 Å². The number of hydrogen-bond donors (Lipinski definition) is 2. The molecule has 1 aliphatic carbocycles. The number of amides is 1. The molecule has 2 rings (SSSR count). The van der Waals surface area contributed by atoms with Crippen molar-refractivity contribution in [3.8, 4) is 0 Å². The standard InChI is InChI=1S/C16H24N4O/c1-3-10-17-15-11-14(18-12(2)19-15)16(21)20-13-8-6-4-5-7-9-13/h3,11,13H,1,4-10H2,2H3,(H,20,21)(H,17,18,19). The first kappa shape index (κ1) is 15.5. The Balaban J connectivity index is 2.03. The number of rotatable bonds is 5. The lowest BCUT2D eigenvalue weighted by molar-refractivity contribution is 0.0928. The fraction of sp³-hybridized carbons (Fsp3) is 0.562. The molecule has 1 amide bonds. The van der Waals surface area contributed by atoms with Crippen LogP contribution in [-0.2, 0) is 0 Å². The molecule has 0 unspecified atom stereocenters. The summed E-state index contributed by atoms with van der Waals surface area (Å²) in [4.78, 5) is 20.9. The van der Waals surface area contributed by atoms with Gasteiger partial charge in [-0.15, -0.1) is 6.58 Å². The maximum atomic E-state index is 12.4. The molecule has 0 saturated heterocycles. The summed E-state index contributed by atoms with van der Waals surface area (Å²) in [5.41, 5.74) is 0.429. The summed E-state index contributed by atoms with van der Waals surface area (Å²) >= 11 is 0. The molecule has 1 aromatic heterocycles. The van der Waals surface area contributed by atoms with E-state index in [-0.39, 0.29) is 11.9 Å². The number of hydrogen-bond acceptors (Lipinski definition) is 4. The summed E-state index contributed by atoms with van der Waals surface area (Å²) in [6.07, 6.45) is 8.82. The molecule has 0 aromatic carbocycles. The Bertz CT molecular complexity index is 493. The van der Waals surface area contributed by atoms with E-state index in [1.165, 1.54) is 25.7 Å². The van der Waals surface area contributed by atoms with Gasteiger partial charge in [-0.1, -0.05) is 31.8 Å². The van der Waals surface area contributed by atoms with Crippen molar-refractivity contribution in [1.82, 2.24) is 15.3 Å². The second kappa shape index (κ2) is 7.76. The van der Waals surface area contributed by atoms with E-state index in [1.54, 1.807) is 19.1 Å². The Kier molecular flexibility index (Phi) is 5.72. The largest absolute Gasteiger partial charge is 0.366 e. The van der Waals surface area contributed by atoms with Gasteiger partial charge >= 0.3 is 0 Å². The van der Waals surface area contributed by atoms with E-state index in [9.17, 15) is 4.79 Å². The van der Waals surface area contributed by atoms with E-state index >= 15 is 0 Å². The Morgan fingerprint density at radius 3 is 2.71 bits per heavy atom. The molecule has 0 spiro atoms. The molecule has 114 valence electrons. The molecule has 1 fully saturated rings. The zero-order chi connectivity index (χ0) is 15.1. The molecular weight excluding hydrogens is 264 g/mol. The van der Waals surface area contributed by atoms with E-state index in [0.29, 0.717) is 23.9 Å². The Labute approximate surface area is 126 Å². The van der Waals surface area contributed by atoms with Crippen molar-refractivity contribution in [2.45, 2.75) is 51.5 Å². The van der Waals surface area contributed by atoms with Gasteiger partial charge in [0.2, 0.25) is 0 Å². The van der Waals surface area contributed by atoms with Crippen LogP contribution in [0, 0.1) is 6.92 Å². The van der Waals surface area contributed by atoms with Crippen LogP contribution in [0.2, 0.25) is 0 Å². The molecule has 1 aromatic rings. The molecule has 1 aliphatic rings. The molecule has 0 radical (unpaired) electrons. The highest BCUT2D eigenvalue weighted by atomic mass is 16.1. The number of anilines is 1. The lowest BCUT2D eigenvalue weighted by Gasteiger charge is -2.16. The fourth-order valence-electron chi connectivity index (χ4n) is 2.63.